The molecule has 0 aliphatic carbocycles. The van der Waals surface area contributed by atoms with Crippen molar-refractivity contribution in [2.75, 3.05) is 11.6 Å². The number of thioether (sulfide) groups is 1. The van der Waals surface area contributed by atoms with Crippen molar-refractivity contribution in [3.8, 4) is 0 Å². The number of carbonyl (C=O) groups is 1. The summed E-state index contributed by atoms with van der Waals surface area (Å²) in [5.74, 6) is 0.738. The summed E-state index contributed by atoms with van der Waals surface area (Å²) in [6, 6.07) is -0.306. The molecule has 5 nitrogen and oxygen atoms in total. The molecular formula is C4H8NNaO4PS+. The van der Waals surface area contributed by atoms with Crippen LogP contribution in [0.2, 0.25) is 0 Å². The Balaban J connectivity index is 0. The first-order chi connectivity index (χ1) is 5.22. The van der Waals surface area contributed by atoms with Gasteiger partial charge in [0.2, 0.25) is 0 Å². The van der Waals surface area contributed by atoms with Gasteiger partial charge in [0.15, 0.2) is 0 Å². The van der Waals surface area contributed by atoms with E-state index in [1.165, 1.54) is 0 Å². The van der Waals surface area contributed by atoms with Crippen molar-refractivity contribution in [2.24, 2.45) is 0 Å². The summed E-state index contributed by atoms with van der Waals surface area (Å²) in [6.45, 7) is 0. The van der Waals surface area contributed by atoms with Crippen LogP contribution in [0.25, 0.3) is 0 Å². The predicted molar refractivity (Wildman–Crippen MR) is 40.9 cm³/mol. The average Bonchev–Trinajstić information content (AvgIpc) is 2.38. The molecule has 0 amide bonds. The van der Waals surface area contributed by atoms with Crippen molar-refractivity contribution in [1.29, 1.82) is 0 Å². The Labute approximate surface area is 97.9 Å². The molecule has 0 aromatic carbocycles. The molecule has 2 N–H and O–H groups in total. The maximum absolute atomic E-state index is 10.1. The SMILES string of the molecule is O=C(O)[C@@H]1CSCN1.O=[PH+][O-].[Na+]. The maximum Gasteiger partial charge on any atom is 1.00 e. The van der Waals surface area contributed by atoms with E-state index in [-0.39, 0.29) is 35.6 Å². The Bertz CT molecular complexity index is 143. The summed E-state index contributed by atoms with van der Waals surface area (Å²) in [4.78, 5) is 18.5. The molecule has 1 unspecified atom stereocenters. The fourth-order valence-corrected chi connectivity index (χ4v) is 1.49. The molecular weight excluding hydrogens is 212 g/mol. The van der Waals surface area contributed by atoms with E-state index >= 15 is 0 Å². The summed E-state index contributed by atoms with van der Waals surface area (Å²) >= 11 is 1.62. The second-order valence-corrected chi connectivity index (χ2v) is 2.89. The second kappa shape index (κ2) is 9.92. The van der Waals surface area contributed by atoms with Gasteiger partial charge in [0.25, 0.3) is 8.69 Å². The quantitative estimate of drug-likeness (QED) is 0.346. The molecule has 0 saturated carbocycles. The number of aliphatic carboxylic acids is 1. The number of carboxylic acid groups (broad SMARTS) is 1. The normalized spacial score (nSPS) is 20.6. The third kappa shape index (κ3) is 7.49. The van der Waals surface area contributed by atoms with Crippen LogP contribution in [0.4, 0.5) is 0 Å². The first-order valence-electron chi connectivity index (χ1n) is 2.75. The van der Waals surface area contributed by atoms with Crippen LogP contribution < -0.4 is 39.8 Å². The van der Waals surface area contributed by atoms with E-state index in [1.807, 2.05) is 0 Å². The standard InChI is InChI=1S/C4H7NO2S.Na.HO2P/c6-4(7)3-1-8-2-5-3;;1-3-2/h3,5H,1-2H2,(H,6,7);;3H/q;+1;/t3-;;/m0../s1. The van der Waals surface area contributed by atoms with Gasteiger partial charge in [-0.3, -0.25) is 10.1 Å². The minimum absolute atomic E-state index is 0. The van der Waals surface area contributed by atoms with Gasteiger partial charge in [0.1, 0.15) is 6.04 Å². The van der Waals surface area contributed by atoms with E-state index in [0.717, 1.165) is 5.88 Å². The summed E-state index contributed by atoms with van der Waals surface area (Å²) in [5.41, 5.74) is 0. The van der Waals surface area contributed by atoms with Crippen LogP contribution in [0.3, 0.4) is 0 Å². The molecule has 2 atom stereocenters. The molecule has 0 aromatic heterocycles. The van der Waals surface area contributed by atoms with Crippen molar-refractivity contribution in [2.45, 2.75) is 6.04 Å². The van der Waals surface area contributed by atoms with Gasteiger partial charge >= 0.3 is 35.5 Å². The summed E-state index contributed by atoms with van der Waals surface area (Å²) in [6.07, 6.45) is 0. The zero-order valence-electron chi connectivity index (χ0n) is 6.57. The molecule has 1 aliphatic rings. The van der Waals surface area contributed by atoms with Crippen LogP contribution in [-0.4, -0.2) is 28.7 Å². The molecule has 64 valence electrons. The predicted octanol–water partition coefficient (Wildman–Crippen LogP) is -3.98. The van der Waals surface area contributed by atoms with Gasteiger partial charge in [-0.15, -0.1) is 11.8 Å². The van der Waals surface area contributed by atoms with Gasteiger partial charge in [-0.1, -0.05) is 4.57 Å². The molecule has 1 rings (SSSR count). The Hall–Kier alpha value is 0.840. The van der Waals surface area contributed by atoms with E-state index < -0.39 is 14.7 Å². The smallest absolute Gasteiger partial charge is 0.597 e. The first-order valence-corrected chi connectivity index (χ1v) is 4.72. The number of carboxylic acids is 1. The second-order valence-electron chi connectivity index (χ2n) is 1.69. The zero-order valence-corrected chi connectivity index (χ0v) is 10.4. The third-order valence-electron chi connectivity index (χ3n) is 1.01. The fourth-order valence-electron chi connectivity index (χ4n) is 0.554. The molecule has 12 heavy (non-hydrogen) atoms. The van der Waals surface area contributed by atoms with Crippen LogP contribution in [0.1, 0.15) is 0 Å². The van der Waals surface area contributed by atoms with Crippen LogP contribution >= 0.6 is 20.4 Å². The number of hydrogen-bond donors (Lipinski definition) is 2. The van der Waals surface area contributed by atoms with E-state index in [9.17, 15) is 4.79 Å². The maximum atomic E-state index is 10.1. The average molecular weight is 220 g/mol. The van der Waals surface area contributed by atoms with Crippen molar-refractivity contribution in [1.82, 2.24) is 5.32 Å². The van der Waals surface area contributed by atoms with Crippen molar-refractivity contribution >= 4 is 26.4 Å². The Morgan fingerprint density at radius 1 is 1.75 bits per heavy atom. The first kappa shape index (κ1) is 15.3. The van der Waals surface area contributed by atoms with E-state index in [2.05, 4.69) is 5.32 Å². The molecule has 0 spiro atoms. The van der Waals surface area contributed by atoms with Crippen LogP contribution in [-0.2, 0) is 9.36 Å². The number of rotatable bonds is 1. The number of nitrogens with one attached hydrogen (secondary N) is 1. The van der Waals surface area contributed by atoms with Crippen LogP contribution in [0, 0.1) is 0 Å². The Morgan fingerprint density at radius 3 is 2.42 bits per heavy atom. The molecule has 1 heterocycles. The zero-order chi connectivity index (χ0) is 8.69. The Kier molecular flexibility index (Phi) is 12.7. The molecule has 0 aromatic rings. The summed E-state index contributed by atoms with van der Waals surface area (Å²) < 4.78 is 8.40. The van der Waals surface area contributed by atoms with Gasteiger partial charge in [-0.2, -0.15) is 0 Å². The van der Waals surface area contributed by atoms with Crippen molar-refractivity contribution in [3.05, 3.63) is 0 Å². The molecule has 0 radical (unpaired) electrons. The van der Waals surface area contributed by atoms with Gasteiger partial charge in [-0.25, -0.2) is 0 Å². The van der Waals surface area contributed by atoms with E-state index in [4.69, 9.17) is 14.6 Å². The largest absolute Gasteiger partial charge is 1.00 e. The van der Waals surface area contributed by atoms with Gasteiger partial charge < -0.3 is 10.00 Å². The molecule has 1 saturated heterocycles. The van der Waals surface area contributed by atoms with Gasteiger partial charge in [0.05, 0.1) is 0 Å². The third-order valence-corrected chi connectivity index (χ3v) is 1.95. The summed E-state index contributed by atoms with van der Waals surface area (Å²) in [7, 11) is -1.42. The minimum atomic E-state index is -1.42. The fraction of sp³-hybridized carbons (Fsp3) is 0.750. The monoisotopic (exact) mass is 220 g/mol. The van der Waals surface area contributed by atoms with E-state index in [1.54, 1.807) is 11.8 Å². The molecule has 8 heteroatoms. The summed E-state index contributed by atoms with van der Waals surface area (Å²) in [5, 5.41) is 11.2. The van der Waals surface area contributed by atoms with Crippen molar-refractivity contribution in [3.63, 3.8) is 0 Å². The number of hydrogen-bond acceptors (Lipinski definition) is 5. The topological polar surface area (TPSA) is 89.5 Å². The molecule has 0 bridgehead atoms. The molecule has 1 aliphatic heterocycles. The van der Waals surface area contributed by atoms with Gasteiger partial charge in [0, 0.05) is 11.6 Å². The molecule has 1 fully saturated rings. The van der Waals surface area contributed by atoms with Crippen LogP contribution in [0.5, 0.6) is 0 Å². The van der Waals surface area contributed by atoms with Gasteiger partial charge in [-0.05, 0) is 0 Å². The van der Waals surface area contributed by atoms with Crippen molar-refractivity contribution < 1.29 is 48.9 Å². The van der Waals surface area contributed by atoms with E-state index in [0.29, 0.717) is 5.75 Å². The Morgan fingerprint density at radius 2 is 2.25 bits per heavy atom. The van der Waals surface area contributed by atoms with Crippen LogP contribution in [0.15, 0.2) is 0 Å². The minimum Gasteiger partial charge on any atom is -0.597 e.